The minimum atomic E-state index is -0.181. The molecule has 0 saturated heterocycles. The maximum atomic E-state index is 2.31. The van der Waals surface area contributed by atoms with E-state index >= 15 is 0 Å². The molecule has 39 heavy (non-hydrogen) atoms. The fourth-order valence-corrected chi connectivity index (χ4v) is 9.92. The summed E-state index contributed by atoms with van der Waals surface area (Å²) in [6.45, 7) is 0. The van der Waals surface area contributed by atoms with Crippen molar-refractivity contribution in [2.24, 2.45) is 0 Å². The molecule has 6 aromatic carbocycles. The zero-order chi connectivity index (χ0) is 26.3. The van der Waals surface area contributed by atoms with Crippen molar-refractivity contribution in [1.82, 2.24) is 0 Å². The molecule has 0 bridgehead atoms. The van der Waals surface area contributed by atoms with Crippen molar-refractivity contribution in [3.05, 3.63) is 170 Å². The van der Waals surface area contributed by atoms with Crippen LogP contribution in [0.1, 0.15) is 0 Å². The number of benzene rings is 6. The molecule has 0 aliphatic rings. The number of rotatable bonds is 8. The Morgan fingerprint density at radius 2 is 0.667 bits per heavy atom. The Labute approximate surface area is 241 Å². The monoisotopic (exact) mass is 556 g/mol. The molecule has 0 amide bonds. The van der Waals surface area contributed by atoms with Crippen molar-refractivity contribution in [3.8, 4) is 0 Å². The average molecular weight is 557 g/mol. The largest absolute Gasteiger partial charge is 0.180 e. The van der Waals surface area contributed by atoms with E-state index < -0.39 is 0 Å². The van der Waals surface area contributed by atoms with Crippen molar-refractivity contribution >= 4 is 33.6 Å². The van der Waals surface area contributed by atoms with Gasteiger partial charge in [-0.15, -0.1) is 0 Å². The van der Waals surface area contributed by atoms with Gasteiger partial charge in [0.15, 0.2) is 29.4 Å². The maximum absolute atomic E-state index is 2.31. The van der Waals surface area contributed by atoms with Crippen LogP contribution >= 0.6 is 11.8 Å². The summed E-state index contributed by atoms with van der Waals surface area (Å²) in [5.74, 6) is 0. The molecule has 0 heterocycles. The Morgan fingerprint density at radius 1 is 0.308 bits per heavy atom. The molecule has 0 fully saturated rings. The topological polar surface area (TPSA) is 0 Å². The van der Waals surface area contributed by atoms with Crippen LogP contribution in [0.4, 0.5) is 0 Å². The lowest BCUT2D eigenvalue weighted by atomic mass is 10.3. The first-order valence-corrected chi connectivity index (χ1v) is 16.2. The minimum Gasteiger partial charge on any atom is -0.0848 e. The van der Waals surface area contributed by atoms with E-state index in [0.29, 0.717) is 0 Å². The first-order chi connectivity index (χ1) is 19.4. The third kappa shape index (κ3) is 6.02. The molecule has 0 nitrogen and oxygen atoms in total. The highest BCUT2D eigenvalue weighted by atomic mass is 32.2. The van der Waals surface area contributed by atoms with Gasteiger partial charge in [0.05, 0.1) is 15.8 Å². The van der Waals surface area contributed by atoms with Crippen molar-refractivity contribution in [2.75, 3.05) is 0 Å². The SMILES string of the molecule is c1ccc([S+](c2ccccc2)c2ccc(Sc3ccccc3[S+](c3ccccc3)c3ccccc3)cc2)cc1. The van der Waals surface area contributed by atoms with Gasteiger partial charge in [0.25, 0.3) is 0 Å². The van der Waals surface area contributed by atoms with E-state index in [0.717, 1.165) is 0 Å². The van der Waals surface area contributed by atoms with E-state index in [1.54, 1.807) is 0 Å². The van der Waals surface area contributed by atoms with Gasteiger partial charge in [-0.1, -0.05) is 96.7 Å². The van der Waals surface area contributed by atoms with E-state index in [4.69, 9.17) is 0 Å². The van der Waals surface area contributed by atoms with Crippen molar-refractivity contribution in [1.29, 1.82) is 0 Å². The zero-order valence-electron chi connectivity index (χ0n) is 21.4. The predicted octanol–water partition coefficient (Wildman–Crippen LogP) is 10.0. The van der Waals surface area contributed by atoms with E-state index in [1.165, 1.54) is 39.2 Å². The van der Waals surface area contributed by atoms with Crippen LogP contribution in [-0.2, 0) is 21.8 Å². The molecular weight excluding hydrogens is 529 g/mol. The van der Waals surface area contributed by atoms with E-state index in [9.17, 15) is 0 Å². The van der Waals surface area contributed by atoms with E-state index in [2.05, 4.69) is 170 Å². The first-order valence-electron chi connectivity index (χ1n) is 12.9. The summed E-state index contributed by atoms with van der Waals surface area (Å²) < 4.78 is 0. The summed E-state index contributed by atoms with van der Waals surface area (Å²) in [6.07, 6.45) is 0. The lowest BCUT2D eigenvalue weighted by molar-refractivity contribution is 1.20. The van der Waals surface area contributed by atoms with E-state index in [1.807, 2.05) is 11.8 Å². The van der Waals surface area contributed by atoms with Crippen molar-refractivity contribution in [2.45, 2.75) is 39.2 Å². The van der Waals surface area contributed by atoms with Gasteiger partial charge >= 0.3 is 0 Å². The lowest BCUT2D eigenvalue weighted by Crippen LogP contribution is -2.06. The molecule has 6 aromatic rings. The molecule has 0 saturated carbocycles. The Hall–Kier alpha value is -3.63. The second-order valence-electron chi connectivity index (χ2n) is 8.88. The highest BCUT2D eigenvalue weighted by molar-refractivity contribution is 8.01. The molecule has 6 rings (SSSR count). The van der Waals surface area contributed by atoms with Gasteiger partial charge < -0.3 is 0 Å². The predicted molar refractivity (Wildman–Crippen MR) is 167 cm³/mol. The van der Waals surface area contributed by atoms with Crippen LogP contribution < -0.4 is 0 Å². The molecule has 0 N–H and O–H groups in total. The van der Waals surface area contributed by atoms with Gasteiger partial charge in [-0.3, -0.25) is 0 Å². The summed E-state index contributed by atoms with van der Waals surface area (Å²) >= 11 is 1.85. The van der Waals surface area contributed by atoms with Crippen molar-refractivity contribution in [3.63, 3.8) is 0 Å². The molecule has 188 valence electrons. The van der Waals surface area contributed by atoms with Gasteiger partial charge in [-0.05, 0) is 84.9 Å². The van der Waals surface area contributed by atoms with Crippen LogP contribution in [-0.4, -0.2) is 0 Å². The third-order valence-corrected chi connectivity index (χ3v) is 12.0. The average Bonchev–Trinajstić information content (AvgIpc) is 3.01. The Bertz CT molecular complexity index is 1520. The Balaban J connectivity index is 1.34. The molecule has 0 unspecified atom stereocenters. The molecule has 3 heteroatoms. The molecule has 0 spiro atoms. The Morgan fingerprint density at radius 3 is 1.13 bits per heavy atom. The summed E-state index contributed by atoms with van der Waals surface area (Å²) in [7, 11) is -0.320. The van der Waals surface area contributed by atoms with Crippen LogP contribution in [0.3, 0.4) is 0 Å². The van der Waals surface area contributed by atoms with Crippen LogP contribution in [0.2, 0.25) is 0 Å². The summed E-state index contributed by atoms with van der Waals surface area (Å²) in [6, 6.07) is 61.5. The van der Waals surface area contributed by atoms with Crippen LogP contribution in [0.5, 0.6) is 0 Å². The van der Waals surface area contributed by atoms with Gasteiger partial charge in [0.1, 0.15) is 10.9 Å². The second-order valence-corrected chi connectivity index (χ2v) is 14.0. The zero-order valence-corrected chi connectivity index (χ0v) is 23.8. The van der Waals surface area contributed by atoms with Crippen LogP contribution in [0.15, 0.2) is 209 Å². The first kappa shape index (κ1) is 25.6. The van der Waals surface area contributed by atoms with Gasteiger partial charge in [0.2, 0.25) is 0 Å². The molecule has 0 atom stereocenters. The summed E-state index contributed by atoms with van der Waals surface area (Å²) in [5, 5.41) is 0. The molecule has 0 aliphatic heterocycles. The van der Waals surface area contributed by atoms with Crippen LogP contribution in [0, 0.1) is 0 Å². The van der Waals surface area contributed by atoms with E-state index in [-0.39, 0.29) is 21.8 Å². The minimum absolute atomic E-state index is 0.139. The highest BCUT2D eigenvalue weighted by Gasteiger charge is 2.32. The fraction of sp³-hybridized carbons (Fsp3) is 0. The van der Waals surface area contributed by atoms with Crippen molar-refractivity contribution < 1.29 is 0 Å². The van der Waals surface area contributed by atoms with Gasteiger partial charge in [-0.25, -0.2) is 0 Å². The number of hydrogen-bond donors (Lipinski definition) is 0. The van der Waals surface area contributed by atoms with Crippen LogP contribution in [0.25, 0.3) is 0 Å². The normalized spacial score (nSPS) is 11.1. The van der Waals surface area contributed by atoms with Gasteiger partial charge in [0, 0.05) is 4.90 Å². The fourth-order valence-electron chi connectivity index (χ4n) is 4.50. The quantitative estimate of drug-likeness (QED) is 0.168. The third-order valence-electron chi connectivity index (χ3n) is 6.27. The Kier molecular flexibility index (Phi) is 8.21. The van der Waals surface area contributed by atoms with Gasteiger partial charge in [-0.2, -0.15) is 0 Å². The second kappa shape index (κ2) is 12.5. The lowest BCUT2D eigenvalue weighted by Gasteiger charge is -2.12. The highest BCUT2D eigenvalue weighted by Crippen LogP contribution is 2.40. The maximum Gasteiger partial charge on any atom is 0.180 e. The molecule has 0 aromatic heterocycles. The smallest absolute Gasteiger partial charge is 0.0848 e. The molecular formula is C36H28S3+2. The number of hydrogen-bond acceptors (Lipinski definition) is 1. The summed E-state index contributed by atoms with van der Waals surface area (Å²) in [5.41, 5.74) is 0. The molecule has 0 aliphatic carbocycles. The standard InChI is InChI=1S/C36H28S3/c1-5-15-30(16-6-1)38(31-17-7-2-8-18-31)34-27-25-29(26-28-34)37-35-23-13-14-24-36(35)39(32-19-9-3-10-20-32)33-21-11-4-12-22-33/h1-28H/q+2. The molecule has 0 radical (unpaired) electrons. The summed E-state index contributed by atoms with van der Waals surface area (Å²) in [4.78, 5) is 10.6.